The van der Waals surface area contributed by atoms with Crippen molar-refractivity contribution in [1.29, 1.82) is 0 Å². The molecule has 0 radical (unpaired) electrons. The van der Waals surface area contributed by atoms with Crippen LogP contribution in [0.5, 0.6) is 5.75 Å². The number of rotatable bonds is 8. The Hall–Kier alpha value is -3.61. The molecule has 0 aromatic heterocycles. The van der Waals surface area contributed by atoms with E-state index in [2.05, 4.69) is 10.6 Å². The Balaban J connectivity index is 1.48. The molecule has 7 heteroatoms. The fourth-order valence-electron chi connectivity index (χ4n) is 3.70. The van der Waals surface area contributed by atoms with Crippen molar-refractivity contribution in [3.8, 4) is 5.75 Å². The van der Waals surface area contributed by atoms with Crippen LogP contribution in [-0.4, -0.2) is 24.6 Å². The van der Waals surface area contributed by atoms with Crippen molar-refractivity contribution < 1.29 is 23.9 Å². The molecule has 7 nitrogen and oxygen atoms in total. The molecule has 2 aromatic rings. The number of amides is 2. The van der Waals surface area contributed by atoms with Crippen LogP contribution in [-0.2, 0) is 16.1 Å². The van der Waals surface area contributed by atoms with Gasteiger partial charge in [0.1, 0.15) is 5.75 Å². The second-order valence-corrected chi connectivity index (χ2v) is 7.94. The van der Waals surface area contributed by atoms with Crippen molar-refractivity contribution in [1.82, 2.24) is 5.32 Å². The van der Waals surface area contributed by atoms with Gasteiger partial charge in [0, 0.05) is 17.8 Å². The average molecular weight is 451 g/mol. The predicted molar refractivity (Wildman–Crippen MR) is 126 cm³/mol. The van der Waals surface area contributed by atoms with Crippen LogP contribution in [0, 0.1) is 5.92 Å². The molecule has 174 valence electrons. The van der Waals surface area contributed by atoms with E-state index in [4.69, 9.17) is 9.47 Å². The highest BCUT2D eigenvalue weighted by atomic mass is 16.7. The molecule has 1 aliphatic rings. The molecule has 0 spiro atoms. The minimum atomic E-state index is -0.786. The normalized spacial score (nSPS) is 14.0. The van der Waals surface area contributed by atoms with E-state index in [1.165, 1.54) is 31.4 Å². The Morgan fingerprint density at radius 2 is 1.79 bits per heavy atom. The van der Waals surface area contributed by atoms with E-state index in [0.29, 0.717) is 29.5 Å². The lowest BCUT2D eigenvalue weighted by Gasteiger charge is -2.17. The number of allylic oxidation sites excluding steroid dienone is 1. The Bertz CT molecular complexity index is 978. The van der Waals surface area contributed by atoms with Gasteiger partial charge in [-0.1, -0.05) is 37.5 Å². The summed E-state index contributed by atoms with van der Waals surface area (Å²) in [5.74, 6) is 0.386. The van der Waals surface area contributed by atoms with Gasteiger partial charge < -0.3 is 20.1 Å². The lowest BCUT2D eigenvalue weighted by Crippen LogP contribution is -2.22. The van der Waals surface area contributed by atoms with Crippen LogP contribution in [0.15, 0.2) is 60.7 Å². The molecule has 1 saturated carbocycles. The first kappa shape index (κ1) is 24.0. The maximum absolute atomic E-state index is 12.4. The van der Waals surface area contributed by atoms with Crippen molar-refractivity contribution in [2.45, 2.75) is 45.6 Å². The van der Waals surface area contributed by atoms with E-state index in [1.54, 1.807) is 25.1 Å². The van der Waals surface area contributed by atoms with E-state index in [1.807, 2.05) is 30.3 Å². The van der Waals surface area contributed by atoms with E-state index in [-0.39, 0.29) is 18.4 Å². The van der Waals surface area contributed by atoms with Gasteiger partial charge in [-0.2, -0.15) is 0 Å². The first-order chi connectivity index (χ1) is 16.0. The molecule has 2 aromatic carbocycles. The van der Waals surface area contributed by atoms with Gasteiger partial charge >= 0.3 is 6.16 Å². The van der Waals surface area contributed by atoms with Crippen molar-refractivity contribution in [3.63, 3.8) is 0 Å². The Morgan fingerprint density at radius 3 is 2.52 bits per heavy atom. The second-order valence-electron chi connectivity index (χ2n) is 7.94. The van der Waals surface area contributed by atoms with Crippen LogP contribution in [0.25, 0.3) is 0 Å². The van der Waals surface area contributed by atoms with Gasteiger partial charge in [-0.05, 0) is 73.7 Å². The molecule has 0 heterocycles. The van der Waals surface area contributed by atoms with Gasteiger partial charge in [-0.25, -0.2) is 4.79 Å². The Labute approximate surface area is 194 Å². The van der Waals surface area contributed by atoms with Crippen molar-refractivity contribution >= 4 is 23.7 Å². The van der Waals surface area contributed by atoms with E-state index in [9.17, 15) is 14.4 Å². The van der Waals surface area contributed by atoms with E-state index >= 15 is 0 Å². The molecule has 33 heavy (non-hydrogen) atoms. The van der Waals surface area contributed by atoms with Gasteiger partial charge in [0.2, 0.25) is 5.91 Å². The number of ether oxygens (including phenoxy) is 2. The number of benzene rings is 2. The molecule has 1 aliphatic carbocycles. The monoisotopic (exact) mass is 450 g/mol. The van der Waals surface area contributed by atoms with Crippen LogP contribution >= 0.6 is 0 Å². The zero-order valence-corrected chi connectivity index (χ0v) is 18.8. The maximum atomic E-state index is 12.4. The second kappa shape index (κ2) is 12.4. The molecular formula is C26H30N2O5. The van der Waals surface area contributed by atoms with Gasteiger partial charge in [0.25, 0.3) is 5.91 Å². The van der Waals surface area contributed by atoms with Gasteiger partial charge in [0.15, 0.2) is 0 Å². The SMILES string of the molecule is CCOC(=O)Oc1ccc(C(=O)NCc2cccc(NC(=O)/C=C/C3CCCCC3)c2)cc1. The summed E-state index contributed by atoms with van der Waals surface area (Å²) in [5, 5.41) is 5.73. The fourth-order valence-corrected chi connectivity index (χ4v) is 3.70. The lowest BCUT2D eigenvalue weighted by atomic mass is 9.89. The topological polar surface area (TPSA) is 93.7 Å². The van der Waals surface area contributed by atoms with Crippen molar-refractivity contribution in [2.24, 2.45) is 5.92 Å². The summed E-state index contributed by atoms with van der Waals surface area (Å²) < 4.78 is 9.70. The van der Waals surface area contributed by atoms with Crippen LogP contribution in [0.2, 0.25) is 0 Å². The summed E-state index contributed by atoms with van der Waals surface area (Å²) >= 11 is 0. The predicted octanol–water partition coefficient (Wildman–Crippen LogP) is 5.23. The molecule has 1 fully saturated rings. The van der Waals surface area contributed by atoms with Crippen LogP contribution < -0.4 is 15.4 Å². The third-order valence-electron chi connectivity index (χ3n) is 5.40. The number of hydrogen-bond donors (Lipinski definition) is 2. The minimum absolute atomic E-state index is 0.146. The third kappa shape index (κ3) is 8.11. The quantitative estimate of drug-likeness (QED) is 0.326. The molecular weight excluding hydrogens is 420 g/mol. The average Bonchev–Trinajstić information content (AvgIpc) is 2.83. The molecule has 0 aliphatic heterocycles. The van der Waals surface area contributed by atoms with Gasteiger partial charge in [-0.15, -0.1) is 0 Å². The number of nitrogens with one attached hydrogen (secondary N) is 2. The standard InChI is InChI=1S/C26H30N2O5/c1-2-32-26(31)33-23-14-12-21(13-15-23)25(30)27-18-20-9-6-10-22(17-20)28-24(29)16-11-19-7-4-3-5-8-19/h6,9-17,19H,2-5,7-8,18H2,1H3,(H,27,30)(H,28,29)/b16-11+. The highest BCUT2D eigenvalue weighted by Crippen LogP contribution is 2.24. The molecule has 0 bridgehead atoms. The number of anilines is 1. The number of carbonyl (C=O) groups excluding carboxylic acids is 3. The first-order valence-corrected chi connectivity index (χ1v) is 11.3. The largest absolute Gasteiger partial charge is 0.513 e. The maximum Gasteiger partial charge on any atom is 0.513 e. The minimum Gasteiger partial charge on any atom is -0.434 e. The molecule has 2 N–H and O–H groups in total. The zero-order valence-electron chi connectivity index (χ0n) is 18.8. The van der Waals surface area contributed by atoms with Crippen molar-refractivity contribution in [3.05, 3.63) is 71.8 Å². The van der Waals surface area contributed by atoms with Crippen molar-refractivity contribution in [2.75, 3.05) is 11.9 Å². The highest BCUT2D eigenvalue weighted by Gasteiger charge is 2.11. The molecule has 0 unspecified atom stereocenters. The summed E-state index contributed by atoms with van der Waals surface area (Å²) in [6, 6.07) is 13.6. The third-order valence-corrected chi connectivity index (χ3v) is 5.40. The highest BCUT2D eigenvalue weighted by molar-refractivity contribution is 5.99. The number of carbonyl (C=O) groups is 3. The summed E-state index contributed by atoms with van der Waals surface area (Å²) in [6.07, 6.45) is 8.91. The van der Waals surface area contributed by atoms with Gasteiger partial charge in [-0.3, -0.25) is 9.59 Å². The fraction of sp³-hybridized carbons (Fsp3) is 0.346. The summed E-state index contributed by atoms with van der Waals surface area (Å²) in [7, 11) is 0. The smallest absolute Gasteiger partial charge is 0.434 e. The van der Waals surface area contributed by atoms with Crippen LogP contribution in [0.1, 0.15) is 54.9 Å². The van der Waals surface area contributed by atoms with Crippen LogP contribution in [0.3, 0.4) is 0 Å². The summed E-state index contributed by atoms with van der Waals surface area (Å²) in [4.78, 5) is 36.0. The van der Waals surface area contributed by atoms with E-state index < -0.39 is 6.16 Å². The van der Waals surface area contributed by atoms with Gasteiger partial charge in [0.05, 0.1) is 6.61 Å². The Morgan fingerprint density at radius 1 is 1.03 bits per heavy atom. The summed E-state index contributed by atoms with van der Waals surface area (Å²) in [6.45, 7) is 2.22. The Kier molecular flexibility index (Phi) is 9.06. The van der Waals surface area contributed by atoms with Crippen LogP contribution in [0.4, 0.5) is 10.5 Å². The molecule has 3 rings (SSSR count). The molecule has 2 amide bonds. The van der Waals surface area contributed by atoms with E-state index in [0.717, 1.165) is 18.4 Å². The number of hydrogen-bond acceptors (Lipinski definition) is 5. The first-order valence-electron chi connectivity index (χ1n) is 11.3. The lowest BCUT2D eigenvalue weighted by molar-refractivity contribution is -0.111. The summed E-state index contributed by atoms with van der Waals surface area (Å²) in [5.41, 5.74) is 1.98. The zero-order chi connectivity index (χ0) is 23.5. The molecule has 0 atom stereocenters. The molecule has 0 saturated heterocycles.